The summed E-state index contributed by atoms with van der Waals surface area (Å²) in [7, 11) is 0. The number of hydrogen-bond acceptors (Lipinski definition) is 2. The lowest BCUT2D eigenvalue weighted by Gasteiger charge is -2.30. The van der Waals surface area contributed by atoms with Gasteiger partial charge in [-0.2, -0.15) is 0 Å². The van der Waals surface area contributed by atoms with Gasteiger partial charge in [-0.15, -0.1) is 0 Å². The summed E-state index contributed by atoms with van der Waals surface area (Å²) >= 11 is 0. The van der Waals surface area contributed by atoms with E-state index in [2.05, 4.69) is 5.66 Å². The molecule has 2 nitrogen and oxygen atoms in total. The molecule has 3 heteroatoms. The first kappa shape index (κ1) is 15.3. The molecule has 23 heavy (non-hydrogen) atoms. The van der Waals surface area contributed by atoms with Crippen LogP contribution in [0.5, 0.6) is 0 Å². The van der Waals surface area contributed by atoms with Crippen molar-refractivity contribution in [3.63, 3.8) is 0 Å². The van der Waals surface area contributed by atoms with Crippen molar-refractivity contribution in [3.05, 3.63) is 90.5 Å². The molecular formula is C20H15O2P. The van der Waals surface area contributed by atoms with Gasteiger partial charge in [0.1, 0.15) is 11.6 Å². The van der Waals surface area contributed by atoms with Gasteiger partial charge in [-0.3, -0.25) is 0 Å². The van der Waals surface area contributed by atoms with Gasteiger partial charge in [-0.25, -0.2) is 9.59 Å². The third-order valence-corrected chi connectivity index (χ3v) is 7.80. The SMILES string of the molecule is O=C=C1C=CC=CC1P(=C=O)(c1ccccc1)c1ccccc1. The van der Waals surface area contributed by atoms with Gasteiger partial charge in [0.2, 0.25) is 0 Å². The largest absolute Gasteiger partial charge is 0.234 e. The van der Waals surface area contributed by atoms with Gasteiger partial charge in [0.15, 0.2) is 0 Å². The fraction of sp³-hybridized carbons (Fsp3) is 0.0500. The maximum absolute atomic E-state index is 12.3. The molecule has 0 N–H and O–H groups in total. The molecule has 1 aliphatic carbocycles. The number of allylic oxidation sites excluding steroid dienone is 5. The van der Waals surface area contributed by atoms with Crippen molar-refractivity contribution >= 4 is 29.1 Å². The minimum Gasteiger partial charge on any atom is -0.234 e. The third-order valence-electron chi connectivity index (χ3n) is 4.00. The Morgan fingerprint density at radius 3 is 1.83 bits per heavy atom. The molecule has 0 aromatic heterocycles. The van der Waals surface area contributed by atoms with Gasteiger partial charge in [-0.05, 0) is 16.7 Å². The van der Waals surface area contributed by atoms with E-state index in [4.69, 9.17) is 0 Å². The van der Waals surface area contributed by atoms with Crippen LogP contribution in [0.1, 0.15) is 0 Å². The highest BCUT2D eigenvalue weighted by molar-refractivity contribution is 7.88. The second-order valence-corrected chi connectivity index (χ2v) is 8.45. The Kier molecular flexibility index (Phi) is 4.42. The Morgan fingerprint density at radius 2 is 1.35 bits per heavy atom. The molecule has 0 bridgehead atoms. The molecule has 1 unspecified atom stereocenters. The molecule has 0 radical (unpaired) electrons. The lowest BCUT2D eigenvalue weighted by Crippen LogP contribution is -2.27. The lowest BCUT2D eigenvalue weighted by atomic mass is 10.1. The molecule has 3 rings (SSSR count). The maximum atomic E-state index is 12.3. The van der Waals surface area contributed by atoms with Crippen LogP contribution in [0, 0.1) is 0 Å². The topological polar surface area (TPSA) is 34.1 Å². The van der Waals surface area contributed by atoms with E-state index < -0.39 is 6.89 Å². The molecule has 0 aliphatic heterocycles. The summed E-state index contributed by atoms with van der Waals surface area (Å²) in [6.45, 7) is -2.57. The van der Waals surface area contributed by atoms with Gasteiger partial charge in [0.25, 0.3) is 0 Å². The van der Waals surface area contributed by atoms with Crippen molar-refractivity contribution in [2.45, 2.75) is 5.66 Å². The van der Waals surface area contributed by atoms with E-state index in [1.165, 1.54) is 0 Å². The van der Waals surface area contributed by atoms with Gasteiger partial charge in [0.05, 0.1) is 5.66 Å². The highest BCUT2D eigenvalue weighted by Crippen LogP contribution is 2.52. The first-order valence-electron chi connectivity index (χ1n) is 7.32. The number of benzene rings is 2. The minimum atomic E-state index is -2.57. The van der Waals surface area contributed by atoms with Crippen LogP contribution in [-0.2, 0) is 9.59 Å². The van der Waals surface area contributed by atoms with Crippen LogP contribution in [0.2, 0.25) is 0 Å². The molecule has 1 aliphatic rings. The van der Waals surface area contributed by atoms with E-state index >= 15 is 0 Å². The van der Waals surface area contributed by atoms with Crippen molar-refractivity contribution in [3.8, 4) is 0 Å². The van der Waals surface area contributed by atoms with Crippen LogP contribution in [0.25, 0.3) is 0 Å². The van der Waals surface area contributed by atoms with Crippen LogP contribution in [0.4, 0.5) is 0 Å². The lowest BCUT2D eigenvalue weighted by molar-refractivity contribution is 0.567. The van der Waals surface area contributed by atoms with E-state index in [-0.39, 0.29) is 5.66 Å². The predicted molar refractivity (Wildman–Crippen MR) is 96.0 cm³/mol. The Morgan fingerprint density at radius 1 is 0.783 bits per heavy atom. The van der Waals surface area contributed by atoms with E-state index in [1.54, 1.807) is 12.2 Å². The van der Waals surface area contributed by atoms with Gasteiger partial charge in [-0.1, -0.05) is 78.9 Å². The van der Waals surface area contributed by atoms with Crippen molar-refractivity contribution in [1.29, 1.82) is 0 Å². The Hall–Kier alpha value is -2.62. The minimum absolute atomic E-state index is 0.327. The molecule has 112 valence electrons. The Balaban J connectivity index is 2.36. The first-order valence-corrected chi connectivity index (χ1v) is 9.18. The summed E-state index contributed by atoms with van der Waals surface area (Å²) in [5.41, 5.74) is 2.53. The van der Waals surface area contributed by atoms with Gasteiger partial charge >= 0.3 is 0 Å². The van der Waals surface area contributed by atoms with Crippen molar-refractivity contribution in [1.82, 2.24) is 0 Å². The smallest absolute Gasteiger partial charge is 0.128 e. The number of hydrogen-bond donors (Lipinski definition) is 0. The number of rotatable bonds is 3. The average molecular weight is 318 g/mol. The molecule has 2 aromatic rings. The Labute approximate surface area is 135 Å². The van der Waals surface area contributed by atoms with E-state index in [0.29, 0.717) is 5.57 Å². The molecule has 1 atom stereocenters. The fourth-order valence-corrected chi connectivity index (χ4v) is 6.39. The third kappa shape index (κ3) is 2.61. The molecular weight excluding hydrogens is 303 g/mol. The summed E-state index contributed by atoms with van der Waals surface area (Å²) < 4.78 is 0. The summed E-state index contributed by atoms with van der Waals surface area (Å²) in [4.78, 5) is 23.7. The zero-order chi connectivity index (χ0) is 16.1. The van der Waals surface area contributed by atoms with Gasteiger partial charge < -0.3 is 0 Å². The van der Waals surface area contributed by atoms with E-state index in [9.17, 15) is 9.59 Å². The van der Waals surface area contributed by atoms with Crippen LogP contribution >= 0.6 is 6.89 Å². The van der Waals surface area contributed by atoms with Crippen LogP contribution in [-0.4, -0.2) is 17.3 Å². The van der Waals surface area contributed by atoms with Crippen LogP contribution < -0.4 is 10.6 Å². The summed E-state index contributed by atoms with van der Waals surface area (Å²) in [5.74, 6) is 2.01. The van der Waals surface area contributed by atoms with Gasteiger partial charge in [0, 0.05) is 12.5 Å². The molecule has 0 saturated heterocycles. The summed E-state index contributed by atoms with van der Waals surface area (Å²) in [6.07, 6.45) is 7.32. The Bertz CT molecular complexity index is 838. The molecule has 0 fully saturated rings. The van der Waals surface area contributed by atoms with Crippen molar-refractivity contribution in [2.75, 3.05) is 0 Å². The van der Waals surface area contributed by atoms with E-state index in [1.807, 2.05) is 78.8 Å². The van der Waals surface area contributed by atoms with Crippen molar-refractivity contribution in [2.24, 2.45) is 0 Å². The summed E-state index contributed by atoms with van der Waals surface area (Å²) in [5, 5.41) is 1.83. The predicted octanol–water partition coefficient (Wildman–Crippen LogP) is 2.97. The second kappa shape index (κ2) is 6.65. The molecule has 0 spiro atoms. The van der Waals surface area contributed by atoms with Crippen LogP contribution in [0.15, 0.2) is 90.5 Å². The molecule has 2 aromatic carbocycles. The average Bonchev–Trinajstić information content (AvgIpc) is 2.65. The highest BCUT2D eigenvalue weighted by Gasteiger charge is 2.35. The van der Waals surface area contributed by atoms with Crippen LogP contribution in [0.3, 0.4) is 0 Å². The quantitative estimate of drug-likeness (QED) is 0.644. The molecule has 0 amide bonds. The second-order valence-electron chi connectivity index (χ2n) is 5.23. The number of carbonyl (C=O) groups excluding carboxylic acids is 2. The zero-order valence-corrected chi connectivity index (χ0v) is 13.3. The highest BCUT2D eigenvalue weighted by atomic mass is 31.2. The monoisotopic (exact) mass is 318 g/mol. The maximum Gasteiger partial charge on any atom is 0.128 e. The van der Waals surface area contributed by atoms with E-state index in [0.717, 1.165) is 10.6 Å². The molecule has 0 saturated carbocycles. The zero-order valence-electron chi connectivity index (χ0n) is 12.4. The molecule has 0 heterocycles. The standard InChI is InChI=1S/C20H15O2P/c21-15-17-9-7-8-14-20(17)23(16-22,18-10-3-1-4-11-18)19-12-5-2-6-13-19/h1-14,20H. The first-order chi connectivity index (χ1) is 11.3. The fourth-order valence-electron chi connectivity index (χ4n) is 2.92. The normalized spacial score (nSPS) is 16.7. The van der Waals surface area contributed by atoms with Crippen molar-refractivity contribution < 1.29 is 9.59 Å². The summed E-state index contributed by atoms with van der Waals surface area (Å²) in [6, 6.07) is 19.3.